The van der Waals surface area contributed by atoms with Gasteiger partial charge in [0.1, 0.15) is 0 Å². The summed E-state index contributed by atoms with van der Waals surface area (Å²) >= 11 is 0. The zero-order valence-electron chi connectivity index (χ0n) is 14.0. The number of hydrogen-bond donors (Lipinski definition) is 1. The van der Waals surface area contributed by atoms with E-state index in [2.05, 4.69) is 26.1 Å². The lowest BCUT2D eigenvalue weighted by atomic mass is 10.0. The average molecular weight is 293 g/mol. The maximum absolute atomic E-state index is 5.90. The minimum Gasteiger partial charge on any atom is -0.490 e. The first kappa shape index (κ1) is 17.8. The van der Waals surface area contributed by atoms with E-state index < -0.39 is 0 Å². The van der Waals surface area contributed by atoms with Crippen LogP contribution in [0.4, 0.5) is 0 Å². The molecule has 0 aliphatic carbocycles. The summed E-state index contributed by atoms with van der Waals surface area (Å²) in [5.74, 6) is 3.06. The standard InChI is InChI=1S/C18H31NO2/c1-5-16(14-19-13-15(3)4)11-12-21-18-10-8-7-9-17(18)20-6-2/h7-10,15-16,19H,5-6,11-14H2,1-4H3. The molecule has 0 bridgehead atoms. The van der Waals surface area contributed by atoms with Crippen LogP contribution in [0.1, 0.15) is 40.5 Å². The summed E-state index contributed by atoms with van der Waals surface area (Å²) in [6, 6.07) is 7.89. The molecule has 1 atom stereocenters. The SMILES string of the molecule is CCOc1ccccc1OCCC(CC)CNCC(C)C. The van der Waals surface area contributed by atoms with Crippen LogP contribution in [0.5, 0.6) is 11.5 Å². The van der Waals surface area contributed by atoms with Gasteiger partial charge in [-0.25, -0.2) is 0 Å². The fourth-order valence-electron chi connectivity index (χ4n) is 2.21. The van der Waals surface area contributed by atoms with Crippen LogP contribution in [0.2, 0.25) is 0 Å². The molecule has 0 heterocycles. The molecule has 1 rings (SSSR count). The largest absolute Gasteiger partial charge is 0.490 e. The summed E-state index contributed by atoms with van der Waals surface area (Å²) in [6.07, 6.45) is 2.25. The highest BCUT2D eigenvalue weighted by atomic mass is 16.5. The summed E-state index contributed by atoms with van der Waals surface area (Å²) in [6.45, 7) is 12.3. The van der Waals surface area contributed by atoms with E-state index in [0.717, 1.165) is 37.6 Å². The molecule has 0 aromatic heterocycles. The van der Waals surface area contributed by atoms with Gasteiger partial charge >= 0.3 is 0 Å². The Morgan fingerprint density at radius 2 is 1.67 bits per heavy atom. The van der Waals surface area contributed by atoms with Crippen molar-refractivity contribution in [3.8, 4) is 11.5 Å². The van der Waals surface area contributed by atoms with Crippen LogP contribution in [-0.2, 0) is 0 Å². The van der Waals surface area contributed by atoms with Crippen molar-refractivity contribution in [2.45, 2.75) is 40.5 Å². The van der Waals surface area contributed by atoms with Crippen LogP contribution in [0.3, 0.4) is 0 Å². The number of rotatable bonds is 11. The zero-order chi connectivity index (χ0) is 15.5. The van der Waals surface area contributed by atoms with Crippen LogP contribution >= 0.6 is 0 Å². The molecule has 0 fully saturated rings. The molecule has 3 nitrogen and oxygen atoms in total. The number of ether oxygens (including phenoxy) is 2. The molecule has 21 heavy (non-hydrogen) atoms. The second-order valence-electron chi connectivity index (χ2n) is 5.84. The molecule has 0 saturated carbocycles. The summed E-state index contributed by atoms with van der Waals surface area (Å²) in [5.41, 5.74) is 0. The van der Waals surface area contributed by atoms with E-state index in [0.29, 0.717) is 18.4 Å². The fraction of sp³-hybridized carbons (Fsp3) is 0.667. The normalized spacial score (nSPS) is 12.4. The summed E-state index contributed by atoms with van der Waals surface area (Å²) in [4.78, 5) is 0. The predicted octanol–water partition coefficient (Wildman–Crippen LogP) is 4.13. The Balaban J connectivity index is 2.33. The Hall–Kier alpha value is -1.22. The number of hydrogen-bond acceptors (Lipinski definition) is 3. The Kier molecular flexibility index (Phi) is 8.91. The van der Waals surface area contributed by atoms with Gasteiger partial charge in [0.25, 0.3) is 0 Å². The van der Waals surface area contributed by atoms with E-state index in [4.69, 9.17) is 9.47 Å². The first-order chi connectivity index (χ1) is 10.2. The van der Waals surface area contributed by atoms with Crippen LogP contribution in [0, 0.1) is 11.8 Å². The molecule has 1 aromatic carbocycles. The second kappa shape index (κ2) is 10.5. The highest BCUT2D eigenvalue weighted by Gasteiger charge is 2.08. The third-order valence-corrected chi connectivity index (χ3v) is 3.50. The zero-order valence-corrected chi connectivity index (χ0v) is 14.0. The maximum Gasteiger partial charge on any atom is 0.161 e. The lowest BCUT2D eigenvalue weighted by Crippen LogP contribution is -2.27. The molecule has 3 heteroatoms. The molecule has 0 amide bonds. The van der Waals surface area contributed by atoms with Gasteiger partial charge in [-0.15, -0.1) is 0 Å². The van der Waals surface area contributed by atoms with Gasteiger partial charge in [0.05, 0.1) is 13.2 Å². The van der Waals surface area contributed by atoms with E-state index in [9.17, 15) is 0 Å². The van der Waals surface area contributed by atoms with Crippen LogP contribution in [0.25, 0.3) is 0 Å². The third kappa shape index (κ3) is 7.37. The minimum atomic E-state index is 0.664. The number of nitrogens with one attached hydrogen (secondary N) is 1. The third-order valence-electron chi connectivity index (χ3n) is 3.50. The van der Waals surface area contributed by atoms with Crippen LogP contribution < -0.4 is 14.8 Å². The Morgan fingerprint density at radius 1 is 1.00 bits per heavy atom. The Labute approximate surface area is 130 Å². The van der Waals surface area contributed by atoms with Crippen molar-refractivity contribution in [2.24, 2.45) is 11.8 Å². The molecule has 0 aliphatic rings. The first-order valence-electron chi connectivity index (χ1n) is 8.22. The van der Waals surface area contributed by atoms with Gasteiger partial charge in [0.15, 0.2) is 11.5 Å². The van der Waals surface area contributed by atoms with Crippen molar-refractivity contribution in [1.82, 2.24) is 5.32 Å². The molecule has 0 aliphatic heterocycles. The van der Waals surface area contributed by atoms with Crippen molar-refractivity contribution < 1.29 is 9.47 Å². The van der Waals surface area contributed by atoms with E-state index >= 15 is 0 Å². The summed E-state index contributed by atoms with van der Waals surface area (Å²) in [5, 5.41) is 3.54. The van der Waals surface area contributed by atoms with E-state index in [-0.39, 0.29) is 0 Å². The molecule has 1 unspecified atom stereocenters. The molecular weight excluding hydrogens is 262 g/mol. The maximum atomic E-state index is 5.90. The Morgan fingerprint density at radius 3 is 2.24 bits per heavy atom. The lowest BCUT2D eigenvalue weighted by molar-refractivity contribution is 0.249. The van der Waals surface area contributed by atoms with Crippen molar-refractivity contribution in [3.63, 3.8) is 0 Å². The molecule has 0 radical (unpaired) electrons. The summed E-state index contributed by atoms with van der Waals surface area (Å²) < 4.78 is 11.5. The fourth-order valence-corrected chi connectivity index (χ4v) is 2.21. The number of para-hydroxylation sites is 2. The van der Waals surface area contributed by atoms with Gasteiger partial charge in [-0.2, -0.15) is 0 Å². The van der Waals surface area contributed by atoms with E-state index in [1.807, 2.05) is 31.2 Å². The first-order valence-corrected chi connectivity index (χ1v) is 8.22. The second-order valence-corrected chi connectivity index (χ2v) is 5.84. The van der Waals surface area contributed by atoms with E-state index in [1.54, 1.807) is 0 Å². The van der Waals surface area contributed by atoms with Crippen LogP contribution in [-0.4, -0.2) is 26.3 Å². The minimum absolute atomic E-state index is 0.664. The van der Waals surface area contributed by atoms with Gasteiger partial charge in [-0.05, 0) is 50.4 Å². The average Bonchev–Trinajstić information content (AvgIpc) is 2.47. The molecule has 120 valence electrons. The van der Waals surface area contributed by atoms with Gasteiger partial charge < -0.3 is 14.8 Å². The molecule has 1 N–H and O–H groups in total. The summed E-state index contributed by atoms with van der Waals surface area (Å²) in [7, 11) is 0. The van der Waals surface area contributed by atoms with Gasteiger partial charge in [-0.1, -0.05) is 39.3 Å². The monoisotopic (exact) mass is 293 g/mol. The number of benzene rings is 1. The highest BCUT2D eigenvalue weighted by Crippen LogP contribution is 2.26. The van der Waals surface area contributed by atoms with E-state index in [1.165, 1.54) is 6.42 Å². The van der Waals surface area contributed by atoms with Crippen LogP contribution in [0.15, 0.2) is 24.3 Å². The molecule has 0 saturated heterocycles. The van der Waals surface area contributed by atoms with Gasteiger partial charge in [0, 0.05) is 0 Å². The topological polar surface area (TPSA) is 30.5 Å². The quantitative estimate of drug-likeness (QED) is 0.665. The van der Waals surface area contributed by atoms with Crippen molar-refractivity contribution >= 4 is 0 Å². The highest BCUT2D eigenvalue weighted by molar-refractivity contribution is 5.39. The predicted molar refractivity (Wildman–Crippen MR) is 89.2 cm³/mol. The molecule has 1 aromatic rings. The van der Waals surface area contributed by atoms with Crippen molar-refractivity contribution in [3.05, 3.63) is 24.3 Å². The van der Waals surface area contributed by atoms with Gasteiger partial charge in [0.2, 0.25) is 0 Å². The smallest absolute Gasteiger partial charge is 0.161 e. The van der Waals surface area contributed by atoms with Crippen molar-refractivity contribution in [2.75, 3.05) is 26.3 Å². The molecule has 0 spiro atoms. The van der Waals surface area contributed by atoms with Crippen molar-refractivity contribution in [1.29, 1.82) is 0 Å². The lowest BCUT2D eigenvalue weighted by Gasteiger charge is -2.18. The van der Waals surface area contributed by atoms with Gasteiger partial charge in [-0.3, -0.25) is 0 Å². The molecular formula is C18H31NO2. The Bertz CT molecular complexity index is 379.